The number of carbonyl (C=O) groups is 2. The maximum Gasteiger partial charge on any atom is 0.472 e. The molecule has 0 aliphatic heterocycles. The molecule has 0 fully saturated rings. The Kier molecular flexibility index (Phi) is 17.2. The largest absolute Gasteiger partial charge is 0.472 e. The number of esters is 1. The van der Waals surface area contributed by atoms with Crippen LogP contribution >= 0.6 is 7.82 Å². The Morgan fingerprint density at radius 2 is 1.59 bits per heavy atom. The molecule has 1 unspecified atom stereocenters. The summed E-state index contributed by atoms with van der Waals surface area (Å²) >= 11 is 0. The lowest BCUT2D eigenvalue weighted by atomic mass is 10.1. The van der Waals surface area contributed by atoms with E-state index < -0.39 is 45.8 Å². The second-order valence-electron chi connectivity index (χ2n) is 6.66. The Morgan fingerprint density at radius 3 is 2.17 bits per heavy atom. The van der Waals surface area contributed by atoms with Crippen LogP contribution in [0.1, 0.15) is 64.7 Å². The Morgan fingerprint density at radius 1 is 1.00 bits per heavy atom. The Hall–Kier alpha value is -1.03. The number of carbonyl (C=O) groups excluding carboxylic acids is 2. The standard InChI is InChI=1S/C18H35O10P/c1-2-3-4-5-6-7-8-9-10-18(22)25-13-17(26-15-20)14-28-29(23,24)27-12-16(21)11-19/h15-17,19,21H,2-14H2,1H3,(H,23,24)/t16-,17+/m0/s1. The minimum atomic E-state index is -4.53. The number of rotatable bonds is 20. The first kappa shape index (κ1) is 28.0. The normalized spacial score (nSPS) is 15.3. The zero-order valence-electron chi connectivity index (χ0n) is 17.1. The van der Waals surface area contributed by atoms with Gasteiger partial charge in [0.25, 0.3) is 6.47 Å². The van der Waals surface area contributed by atoms with Crippen LogP contribution in [0.5, 0.6) is 0 Å². The van der Waals surface area contributed by atoms with E-state index >= 15 is 0 Å². The van der Waals surface area contributed by atoms with Gasteiger partial charge in [-0.1, -0.05) is 51.9 Å². The molecule has 0 rings (SSSR count). The van der Waals surface area contributed by atoms with Gasteiger partial charge in [-0.05, 0) is 6.42 Å². The van der Waals surface area contributed by atoms with E-state index in [0.29, 0.717) is 6.42 Å². The van der Waals surface area contributed by atoms with Crippen LogP contribution < -0.4 is 0 Å². The van der Waals surface area contributed by atoms with E-state index in [0.717, 1.165) is 19.3 Å². The van der Waals surface area contributed by atoms with E-state index in [-0.39, 0.29) is 19.5 Å². The summed E-state index contributed by atoms with van der Waals surface area (Å²) in [6.45, 7) is 0.145. The molecule has 11 heteroatoms. The van der Waals surface area contributed by atoms with Gasteiger partial charge in [0.2, 0.25) is 0 Å². The van der Waals surface area contributed by atoms with Gasteiger partial charge < -0.3 is 24.6 Å². The van der Waals surface area contributed by atoms with Gasteiger partial charge in [0, 0.05) is 6.42 Å². The van der Waals surface area contributed by atoms with Gasteiger partial charge in [-0.3, -0.25) is 18.6 Å². The minimum absolute atomic E-state index is 0.110. The summed E-state index contributed by atoms with van der Waals surface area (Å²) in [7, 11) is -4.53. The highest BCUT2D eigenvalue weighted by Gasteiger charge is 2.25. The van der Waals surface area contributed by atoms with E-state index in [2.05, 4.69) is 20.7 Å². The van der Waals surface area contributed by atoms with Crippen LogP contribution in [-0.2, 0) is 32.7 Å². The Bertz CT molecular complexity index is 474. The van der Waals surface area contributed by atoms with Gasteiger partial charge >= 0.3 is 13.8 Å². The van der Waals surface area contributed by atoms with Crippen molar-refractivity contribution in [2.45, 2.75) is 76.9 Å². The lowest BCUT2D eigenvalue weighted by molar-refractivity contribution is -0.153. The van der Waals surface area contributed by atoms with Crippen molar-refractivity contribution in [1.82, 2.24) is 0 Å². The molecule has 3 N–H and O–H groups in total. The third-order valence-corrected chi connectivity index (χ3v) is 4.93. The molecule has 0 aromatic rings. The highest BCUT2D eigenvalue weighted by Crippen LogP contribution is 2.43. The average Bonchev–Trinajstić information content (AvgIpc) is 2.70. The molecule has 0 aliphatic rings. The Balaban J connectivity index is 4.00. The molecule has 0 heterocycles. The summed E-state index contributed by atoms with van der Waals surface area (Å²) in [5, 5.41) is 17.7. The number of aliphatic hydroxyl groups excluding tert-OH is 2. The second kappa shape index (κ2) is 17.8. The SMILES string of the molecule is CCCCCCCCCCC(=O)OC[C@H](COP(=O)(O)OC[C@@H](O)CO)OC=O. The maximum absolute atomic E-state index is 11.8. The van der Waals surface area contributed by atoms with E-state index in [4.69, 9.17) is 14.9 Å². The van der Waals surface area contributed by atoms with Gasteiger partial charge in [0.05, 0.1) is 19.8 Å². The maximum atomic E-state index is 11.8. The van der Waals surface area contributed by atoms with Gasteiger partial charge in [-0.25, -0.2) is 4.57 Å². The minimum Gasteiger partial charge on any atom is -0.462 e. The summed E-state index contributed by atoms with van der Waals surface area (Å²) in [4.78, 5) is 31.7. The van der Waals surface area contributed by atoms with Crippen molar-refractivity contribution >= 4 is 20.3 Å². The van der Waals surface area contributed by atoms with E-state index in [1.807, 2.05) is 0 Å². The zero-order valence-corrected chi connectivity index (χ0v) is 18.0. The fraction of sp³-hybridized carbons (Fsp3) is 0.889. The fourth-order valence-electron chi connectivity index (χ4n) is 2.31. The number of unbranched alkanes of at least 4 members (excludes halogenated alkanes) is 7. The molecule has 0 radical (unpaired) electrons. The second-order valence-corrected chi connectivity index (χ2v) is 8.11. The van der Waals surface area contributed by atoms with E-state index in [9.17, 15) is 19.0 Å². The molecule has 0 aliphatic carbocycles. The molecular weight excluding hydrogens is 407 g/mol. The van der Waals surface area contributed by atoms with Crippen molar-refractivity contribution < 1.29 is 47.8 Å². The monoisotopic (exact) mass is 442 g/mol. The third-order valence-electron chi connectivity index (χ3n) is 3.98. The smallest absolute Gasteiger partial charge is 0.462 e. The molecule has 172 valence electrons. The molecule has 3 atom stereocenters. The van der Waals surface area contributed by atoms with Gasteiger partial charge in [0.1, 0.15) is 12.7 Å². The highest BCUT2D eigenvalue weighted by molar-refractivity contribution is 7.47. The number of aliphatic hydroxyl groups is 2. The Labute approximate surface area is 172 Å². The molecule has 0 bridgehead atoms. The van der Waals surface area contributed by atoms with Crippen molar-refractivity contribution in [3.05, 3.63) is 0 Å². The number of phosphoric ester groups is 1. The first-order valence-corrected chi connectivity index (χ1v) is 11.5. The van der Waals surface area contributed by atoms with Crippen LogP contribution in [0.2, 0.25) is 0 Å². The number of hydrogen-bond acceptors (Lipinski definition) is 9. The summed E-state index contributed by atoms with van der Waals surface area (Å²) in [6, 6.07) is 0. The van der Waals surface area contributed by atoms with E-state index in [1.165, 1.54) is 25.7 Å². The van der Waals surface area contributed by atoms with E-state index in [1.54, 1.807) is 0 Å². The summed E-state index contributed by atoms with van der Waals surface area (Å²) in [5.41, 5.74) is 0. The first-order chi connectivity index (χ1) is 13.8. The molecule has 29 heavy (non-hydrogen) atoms. The number of ether oxygens (including phenoxy) is 2. The van der Waals surface area contributed by atoms with Crippen LogP contribution in [0.4, 0.5) is 0 Å². The molecular formula is C18H35O10P. The van der Waals surface area contributed by atoms with Crippen LogP contribution in [0.3, 0.4) is 0 Å². The van der Waals surface area contributed by atoms with Crippen molar-refractivity contribution in [1.29, 1.82) is 0 Å². The van der Waals surface area contributed by atoms with Crippen LogP contribution in [0.15, 0.2) is 0 Å². The lowest BCUT2D eigenvalue weighted by Crippen LogP contribution is -2.27. The molecule has 0 saturated heterocycles. The van der Waals surface area contributed by atoms with Crippen LogP contribution in [0.25, 0.3) is 0 Å². The molecule has 10 nitrogen and oxygen atoms in total. The van der Waals surface area contributed by atoms with Gasteiger partial charge in [0.15, 0.2) is 6.10 Å². The lowest BCUT2D eigenvalue weighted by Gasteiger charge is -2.18. The fourth-order valence-corrected chi connectivity index (χ4v) is 3.10. The molecule has 0 saturated carbocycles. The third kappa shape index (κ3) is 17.5. The van der Waals surface area contributed by atoms with Gasteiger partial charge in [-0.2, -0.15) is 0 Å². The van der Waals surface area contributed by atoms with Gasteiger partial charge in [-0.15, -0.1) is 0 Å². The van der Waals surface area contributed by atoms with Crippen molar-refractivity contribution in [2.75, 3.05) is 26.4 Å². The molecule has 0 aromatic carbocycles. The topological polar surface area (TPSA) is 149 Å². The van der Waals surface area contributed by atoms with Crippen LogP contribution in [-0.4, -0.2) is 66.2 Å². The first-order valence-electron chi connectivity index (χ1n) is 10.00. The highest BCUT2D eigenvalue weighted by atomic mass is 31.2. The van der Waals surface area contributed by atoms with Crippen molar-refractivity contribution in [2.24, 2.45) is 0 Å². The van der Waals surface area contributed by atoms with Crippen molar-refractivity contribution in [3.8, 4) is 0 Å². The summed E-state index contributed by atoms with van der Waals surface area (Å²) in [6.07, 6.45) is 6.60. The van der Waals surface area contributed by atoms with Crippen molar-refractivity contribution in [3.63, 3.8) is 0 Å². The number of hydrogen-bond donors (Lipinski definition) is 3. The predicted octanol–water partition coefficient (Wildman–Crippen LogP) is 2.09. The quantitative estimate of drug-likeness (QED) is 0.111. The number of phosphoric acid groups is 1. The summed E-state index contributed by atoms with van der Waals surface area (Å²) < 4.78 is 30.4. The molecule has 0 amide bonds. The molecule has 0 aromatic heterocycles. The summed E-state index contributed by atoms with van der Waals surface area (Å²) in [5.74, 6) is -0.454. The zero-order chi connectivity index (χ0) is 22.0. The molecule has 0 spiro atoms. The predicted molar refractivity (Wildman–Crippen MR) is 104 cm³/mol. The van der Waals surface area contributed by atoms with Crippen LogP contribution in [0, 0.1) is 0 Å². The average molecular weight is 442 g/mol.